The van der Waals surface area contributed by atoms with Crippen LogP contribution in [-0.4, -0.2) is 22.1 Å². The predicted octanol–water partition coefficient (Wildman–Crippen LogP) is 2.11. The number of aliphatic hydroxyl groups is 2. The van der Waals surface area contributed by atoms with E-state index in [4.69, 9.17) is 11.6 Å². The molecule has 0 heterocycles. The standard InChI is InChI=1S/C10H12ClFO2S/c1-5-2-7(11)6(3-8(5)12)10(14)9(13)4-15/h2-3,9-10,13-15H,4H2,1H3. The fraction of sp³-hybridized carbons (Fsp3) is 0.400. The zero-order valence-electron chi connectivity index (χ0n) is 8.11. The molecule has 84 valence electrons. The summed E-state index contributed by atoms with van der Waals surface area (Å²) in [6.45, 7) is 1.58. The number of rotatable bonds is 3. The average Bonchev–Trinajstić information content (AvgIpc) is 2.21. The van der Waals surface area contributed by atoms with Gasteiger partial charge in [-0.05, 0) is 24.6 Å². The van der Waals surface area contributed by atoms with E-state index in [-0.39, 0.29) is 16.3 Å². The van der Waals surface area contributed by atoms with Crippen LogP contribution in [0, 0.1) is 12.7 Å². The first-order valence-electron chi connectivity index (χ1n) is 4.40. The first-order chi connectivity index (χ1) is 6.97. The lowest BCUT2D eigenvalue weighted by Crippen LogP contribution is -2.20. The highest BCUT2D eigenvalue weighted by molar-refractivity contribution is 7.80. The van der Waals surface area contributed by atoms with Gasteiger partial charge in [-0.15, -0.1) is 0 Å². The van der Waals surface area contributed by atoms with Crippen molar-refractivity contribution in [3.63, 3.8) is 0 Å². The Morgan fingerprint density at radius 1 is 1.47 bits per heavy atom. The molecular formula is C10H12ClFO2S. The van der Waals surface area contributed by atoms with Crippen LogP contribution < -0.4 is 0 Å². The Morgan fingerprint density at radius 3 is 2.60 bits per heavy atom. The fourth-order valence-electron chi connectivity index (χ4n) is 1.20. The van der Waals surface area contributed by atoms with Gasteiger partial charge in [0.1, 0.15) is 11.9 Å². The van der Waals surface area contributed by atoms with E-state index in [1.54, 1.807) is 6.92 Å². The van der Waals surface area contributed by atoms with Crippen molar-refractivity contribution < 1.29 is 14.6 Å². The van der Waals surface area contributed by atoms with Crippen molar-refractivity contribution in [3.8, 4) is 0 Å². The summed E-state index contributed by atoms with van der Waals surface area (Å²) in [5.74, 6) is -0.382. The lowest BCUT2D eigenvalue weighted by atomic mass is 10.0. The van der Waals surface area contributed by atoms with Gasteiger partial charge in [0.05, 0.1) is 6.10 Å². The molecule has 5 heteroatoms. The summed E-state index contributed by atoms with van der Waals surface area (Å²) in [7, 11) is 0. The fourth-order valence-corrected chi connectivity index (χ4v) is 1.73. The molecule has 0 radical (unpaired) electrons. The van der Waals surface area contributed by atoms with Crippen LogP contribution in [0.25, 0.3) is 0 Å². The number of aryl methyl sites for hydroxylation is 1. The number of hydrogen-bond acceptors (Lipinski definition) is 3. The highest BCUT2D eigenvalue weighted by Gasteiger charge is 2.20. The van der Waals surface area contributed by atoms with E-state index in [0.717, 1.165) is 6.07 Å². The first-order valence-corrected chi connectivity index (χ1v) is 5.41. The molecule has 0 spiro atoms. The maximum absolute atomic E-state index is 13.2. The Bertz CT molecular complexity index is 360. The summed E-state index contributed by atoms with van der Waals surface area (Å²) in [6.07, 6.45) is -2.28. The van der Waals surface area contributed by atoms with E-state index in [9.17, 15) is 14.6 Å². The quantitative estimate of drug-likeness (QED) is 0.720. The highest BCUT2D eigenvalue weighted by atomic mass is 35.5. The lowest BCUT2D eigenvalue weighted by molar-refractivity contribution is 0.0336. The first kappa shape index (κ1) is 12.8. The molecule has 0 aliphatic heterocycles. The summed E-state index contributed by atoms with van der Waals surface area (Å²) in [5.41, 5.74) is 0.581. The predicted molar refractivity (Wildman–Crippen MR) is 61.0 cm³/mol. The van der Waals surface area contributed by atoms with Gasteiger partial charge in [0.15, 0.2) is 0 Å². The molecule has 2 nitrogen and oxygen atoms in total. The summed E-state index contributed by atoms with van der Waals surface area (Å²) in [6, 6.07) is 2.55. The Labute approximate surface area is 98.1 Å². The summed E-state index contributed by atoms with van der Waals surface area (Å²) in [4.78, 5) is 0. The van der Waals surface area contributed by atoms with Gasteiger partial charge < -0.3 is 10.2 Å². The number of thiol groups is 1. The molecule has 0 aliphatic rings. The Balaban J connectivity index is 3.09. The summed E-state index contributed by atoms with van der Waals surface area (Å²) < 4.78 is 13.2. The van der Waals surface area contributed by atoms with Crippen molar-refractivity contribution in [2.75, 3.05) is 5.75 Å². The van der Waals surface area contributed by atoms with Crippen LogP contribution in [0.1, 0.15) is 17.2 Å². The third-order valence-corrected chi connectivity index (χ3v) is 2.85. The zero-order chi connectivity index (χ0) is 11.6. The minimum atomic E-state index is -1.22. The van der Waals surface area contributed by atoms with Crippen LogP contribution in [0.3, 0.4) is 0 Å². The van der Waals surface area contributed by atoms with Crippen LogP contribution in [-0.2, 0) is 0 Å². The van der Waals surface area contributed by atoms with E-state index in [2.05, 4.69) is 12.6 Å². The van der Waals surface area contributed by atoms with Crippen LogP contribution in [0.15, 0.2) is 12.1 Å². The topological polar surface area (TPSA) is 40.5 Å². The number of aliphatic hydroxyl groups excluding tert-OH is 2. The molecule has 0 saturated carbocycles. The van der Waals surface area contributed by atoms with Gasteiger partial charge in [-0.1, -0.05) is 11.6 Å². The lowest BCUT2D eigenvalue weighted by Gasteiger charge is -2.17. The Kier molecular flexibility index (Phi) is 4.40. The molecule has 0 bridgehead atoms. The normalized spacial score (nSPS) is 15.1. The zero-order valence-corrected chi connectivity index (χ0v) is 9.76. The van der Waals surface area contributed by atoms with Gasteiger partial charge >= 0.3 is 0 Å². The minimum Gasteiger partial charge on any atom is -0.389 e. The van der Waals surface area contributed by atoms with Gasteiger partial charge in [-0.3, -0.25) is 0 Å². The molecule has 1 rings (SSSR count). The third-order valence-electron chi connectivity index (χ3n) is 2.15. The van der Waals surface area contributed by atoms with Crippen molar-refractivity contribution in [3.05, 3.63) is 34.1 Å². The van der Waals surface area contributed by atoms with E-state index in [1.807, 2.05) is 0 Å². The van der Waals surface area contributed by atoms with Gasteiger partial charge in [0, 0.05) is 16.3 Å². The van der Waals surface area contributed by atoms with Crippen molar-refractivity contribution in [2.45, 2.75) is 19.1 Å². The van der Waals surface area contributed by atoms with Crippen LogP contribution in [0.5, 0.6) is 0 Å². The molecule has 0 saturated heterocycles. The molecule has 0 aromatic heterocycles. The summed E-state index contributed by atoms with van der Waals surface area (Å²) in [5, 5.41) is 19.2. The molecule has 2 N–H and O–H groups in total. The van der Waals surface area contributed by atoms with Crippen LogP contribution in [0.2, 0.25) is 5.02 Å². The largest absolute Gasteiger partial charge is 0.389 e. The van der Waals surface area contributed by atoms with E-state index in [1.165, 1.54) is 6.07 Å². The third kappa shape index (κ3) is 2.84. The van der Waals surface area contributed by atoms with Gasteiger partial charge in [0.2, 0.25) is 0 Å². The monoisotopic (exact) mass is 250 g/mol. The van der Waals surface area contributed by atoms with Gasteiger partial charge in [-0.2, -0.15) is 12.6 Å². The second-order valence-corrected chi connectivity index (χ2v) is 4.09. The van der Waals surface area contributed by atoms with Crippen LogP contribution in [0.4, 0.5) is 4.39 Å². The average molecular weight is 251 g/mol. The molecule has 2 unspecified atom stereocenters. The van der Waals surface area contributed by atoms with E-state index in [0.29, 0.717) is 5.56 Å². The van der Waals surface area contributed by atoms with Crippen molar-refractivity contribution in [1.82, 2.24) is 0 Å². The number of hydrogen-bond donors (Lipinski definition) is 3. The van der Waals surface area contributed by atoms with Crippen molar-refractivity contribution >= 4 is 24.2 Å². The highest BCUT2D eigenvalue weighted by Crippen LogP contribution is 2.28. The second kappa shape index (κ2) is 5.16. The Hall–Kier alpha value is -0.290. The van der Waals surface area contributed by atoms with E-state index >= 15 is 0 Å². The van der Waals surface area contributed by atoms with E-state index < -0.39 is 18.0 Å². The number of halogens is 2. The van der Waals surface area contributed by atoms with Crippen molar-refractivity contribution in [1.29, 1.82) is 0 Å². The molecule has 15 heavy (non-hydrogen) atoms. The smallest absolute Gasteiger partial charge is 0.126 e. The minimum absolute atomic E-state index is 0.0764. The molecule has 0 amide bonds. The maximum atomic E-state index is 13.2. The molecule has 0 aliphatic carbocycles. The second-order valence-electron chi connectivity index (χ2n) is 3.32. The molecule has 1 aromatic carbocycles. The Morgan fingerprint density at radius 2 is 2.07 bits per heavy atom. The van der Waals surface area contributed by atoms with Gasteiger partial charge in [-0.25, -0.2) is 4.39 Å². The van der Waals surface area contributed by atoms with Gasteiger partial charge in [0.25, 0.3) is 0 Å². The SMILES string of the molecule is Cc1cc(Cl)c(C(O)C(O)CS)cc1F. The van der Waals surface area contributed by atoms with Crippen molar-refractivity contribution in [2.24, 2.45) is 0 Å². The molecule has 2 atom stereocenters. The van der Waals surface area contributed by atoms with Crippen LogP contribution >= 0.6 is 24.2 Å². The molecule has 1 aromatic rings. The maximum Gasteiger partial charge on any atom is 0.126 e. The summed E-state index contributed by atoms with van der Waals surface area (Å²) >= 11 is 9.67. The molecule has 0 fully saturated rings. The number of benzene rings is 1. The molecular weight excluding hydrogens is 239 g/mol.